The van der Waals surface area contributed by atoms with Crippen molar-refractivity contribution < 1.29 is 0 Å². The molecule has 0 saturated heterocycles. The van der Waals surface area contributed by atoms with Crippen LogP contribution in [-0.4, -0.2) is 51.4 Å². The van der Waals surface area contributed by atoms with Gasteiger partial charge in [0, 0.05) is 0 Å². The SMILES string of the molecule is [2H]B(P)c1ccc(-c2c(-c3ccc(B([2H])P)cc3)c(-c3ccc(P([2H])[B])cc3)c(-c3ccc(P([2H])[B])cc3)c(-c3ccc(P([2H])[B])cc3)c2-c2ccc(B([2H])P)cc2)cc1. The van der Waals surface area contributed by atoms with Crippen LogP contribution in [0.1, 0.15) is 0 Å². The van der Waals surface area contributed by atoms with Crippen molar-refractivity contribution >= 4 is 128 Å². The number of hydrogen-bond acceptors (Lipinski definition) is 0. The Morgan fingerprint density at radius 2 is 0.500 bits per heavy atom. The lowest BCUT2D eigenvalue weighted by atomic mass is 9.73. The van der Waals surface area contributed by atoms with E-state index in [2.05, 4.69) is 63.8 Å². The molecule has 0 N–H and O–H groups in total. The number of hydrogen-bond donors (Lipinski definition) is 0. The molecular weight excluding hydrogens is 755 g/mol. The summed E-state index contributed by atoms with van der Waals surface area (Å²) in [4.78, 5) is 0. The van der Waals surface area contributed by atoms with Crippen LogP contribution in [0.25, 0.3) is 66.8 Å². The highest BCUT2D eigenvalue weighted by Crippen LogP contribution is 2.55. The minimum atomic E-state index is -1.60. The second-order valence-electron chi connectivity index (χ2n) is 12.6. The molecule has 7 aromatic carbocycles. The molecule has 0 aliphatic carbocycles. The van der Waals surface area contributed by atoms with Crippen LogP contribution in [-0.2, 0) is 0 Å². The zero-order chi connectivity index (χ0) is 42.8. The van der Waals surface area contributed by atoms with Gasteiger partial charge in [-0.3, -0.25) is 0 Å². The topological polar surface area (TPSA) is 0 Å². The molecule has 6 unspecified atom stereocenters. The maximum Gasteiger partial charge on any atom is 0.180 e. The second kappa shape index (κ2) is 18.6. The van der Waals surface area contributed by atoms with Crippen molar-refractivity contribution in [2.75, 3.05) is 0 Å². The zero-order valence-corrected chi connectivity index (χ0v) is 35.5. The molecule has 6 atom stereocenters. The summed E-state index contributed by atoms with van der Waals surface area (Å²) in [5.41, 5.74) is 13.5. The Labute approximate surface area is 347 Å². The van der Waals surface area contributed by atoms with Crippen LogP contribution in [0.4, 0.5) is 0 Å². The van der Waals surface area contributed by atoms with Gasteiger partial charge in [-0.2, -0.15) is 27.4 Å². The van der Waals surface area contributed by atoms with Crippen molar-refractivity contribution in [3.05, 3.63) is 146 Å². The van der Waals surface area contributed by atoms with Gasteiger partial charge >= 0.3 is 0 Å². The fourth-order valence-corrected chi connectivity index (χ4v) is 8.54. The van der Waals surface area contributed by atoms with E-state index in [4.69, 9.17) is 30.5 Å². The van der Waals surface area contributed by atoms with E-state index in [1.807, 2.05) is 109 Å². The van der Waals surface area contributed by atoms with E-state index in [-0.39, 0.29) is 0 Å². The molecule has 12 heteroatoms. The van der Waals surface area contributed by atoms with Gasteiger partial charge in [0.1, 0.15) is 22.7 Å². The van der Waals surface area contributed by atoms with Gasteiger partial charge in [-0.1, -0.05) is 162 Å². The standard InChI is InChI=1S/C42H36B6P6/c43-52-34-19-7-28(8-20-34)40-38(26-3-15-32(47-50)16-4-26)37(25-1-13-31(46-49)14-2-25)39(27-5-17-33(48-51)18-6-27)41(29-9-21-35(53-44)22-10-29)42(40)30-11-23-36(54-45)24-12-30/h1-24,46-48,52-54H,49-51H2/i46D,47D,48D,52D,53D,54D. The highest BCUT2D eigenvalue weighted by molar-refractivity contribution is 7.73. The van der Waals surface area contributed by atoms with Crippen LogP contribution in [0.5, 0.6) is 0 Å². The summed E-state index contributed by atoms with van der Waals surface area (Å²) < 4.78 is 50.5. The van der Waals surface area contributed by atoms with Gasteiger partial charge in [-0.05, 0) is 86.7 Å². The first-order valence-electron chi connectivity index (χ1n) is 20.3. The third-order valence-electron chi connectivity index (χ3n) is 9.59. The predicted molar refractivity (Wildman–Crippen MR) is 270 cm³/mol. The van der Waals surface area contributed by atoms with E-state index in [0.29, 0.717) is 0 Å². The van der Waals surface area contributed by atoms with E-state index < -0.39 is 46.1 Å². The molecule has 0 saturated carbocycles. The Morgan fingerprint density at radius 1 is 0.333 bits per heavy atom. The van der Waals surface area contributed by atoms with Crippen molar-refractivity contribution in [2.45, 2.75) is 0 Å². The average molecular weight is 798 g/mol. The minimum absolute atomic E-state index is 0.505. The molecule has 252 valence electrons. The summed E-state index contributed by atoms with van der Waals surface area (Å²) >= 11 is 0. The van der Waals surface area contributed by atoms with Crippen LogP contribution >= 0.6 is 52.6 Å². The first-order valence-corrected chi connectivity index (χ1v) is 22.1. The number of rotatable bonds is 12. The molecule has 0 bridgehead atoms. The summed E-state index contributed by atoms with van der Waals surface area (Å²) in [6, 6.07) is 48.2. The van der Waals surface area contributed by atoms with Gasteiger partial charge < -0.3 is 0 Å². The van der Waals surface area contributed by atoms with Crippen molar-refractivity contribution in [1.29, 1.82) is 7.84 Å². The number of benzene rings is 7. The Bertz CT molecular complexity index is 2090. The maximum atomic E-state index is 8.48. The van der Waals surface area contributed by atoms with Crippen LogP contribution in [0, 0.1) is 0 Å². The molecule has 54 heavy (non-hydrogen) atoms. The van der Waals surface area contributed by atoms with E-state index in [0.717, 1.165) is 99.1 Å². The lowest BCUT2D eigenvalue weighted by Crippen LogP contribution is -2.09. The normalized spacial score (nSPS) is 14.3. The van der Waals surface area contributed by atoms with Crippen molar-refractivity contribution in [1.82, 2.24) is 0 Å². The molecule has 0 aromatic heterocycles. The van der Waals surface area contributed by atoms with E-state index in [9.17, 15) is 0 Å². The molecule has 0 spiro atoms. The highest BCUT2D eigenvalue weighted by atomic mass is 31.1. The van der Waals surface area contributed by atoms with Gasteiger partial charge in [0.05, 0.1) is 3.84 Å². The predicted octanol–water partition coefficient (Wildman–Crippen LogP) is 6.41. The van der Waals surface area contributed by atoms with Crippen LogP contribution < -0.4 is 32.3 Å². The van der Waals surface area contributed by atoms with Gasteiger partial charge in [-0.15, -0.1) is 25.2 Å². The smallest absolute Gasteiger partial charge is 0.169 e. The Morgan fingerprint density at radius 3 is 0.648 bits per heavy atom. The third kappa shape index (κ3) is 8.44. The summed E-state index contributed by atoms with van der Waals surface area (Å²) in [6.07, 6.45) is 0. The quantitative estimate of drug-likeness (QED) is 0.0993. The third-order valence-corrected chi connectivity index (χ3v) is 12.5. The molecule has 0 aliphatic heterocycles. The largest absolute Gasteiger partial charge is 0.180 e. The highest BCUT2D eigenvalue weighted by Gasteiger charge is 2.29. The Balaban J connectivity index is 1.78. The van der Waals surface area contributed by atoms with Crippen molar-refractivity contribution in [3.8, 4) is 66.8 Å². The Kier molecular flexibility index (Phi) is 11.2. The van der Waals surface area contributed by atoms with Crippen molar-refractivity contribution in [2.24, 2.45) is 0 Å². The lowest BCUT2D eigenvalue weighted by Gasteiger charge is -2.29. The molecule has 0 aliphatic rings. The van der Waals surface area contributed by atoms with Crippen LogP contribution in [0.15, 0.2) is 146 Å². The summed E-state index contributed by atoms with van der Waals surface area (Å²) in [6.45, 7) is -1.52. The molecule has 0 amide bonds. The van der Waals surface area contributed by atoms with Crippen molar-refractivity contribution in [3.63, 3.8) is 0 Å². The van der Waals surface area contributed by atoms with E-state index in [1.54, 1.807) is 0 Å². The molecule has 7 aromatic rings. The first kappa shape index (κ1) is 32.6. The molecule has 7 rings (SSSR count). The molecule has 0 heterocycles. The van der Waals surface area contributed by atoms with Gasteiger partial charge in [-0.25, -0.2) is 0 Å². The van der Waals surface area contributed by atoms with Crippen LogP contribution in [0.3, 0.4) is 0 Å². The molecule has 0 nitrogen and oxygen atoms in total. The molecule has 0 fully saturated rings. The van der Waals surface area contributed by atoms with Gasteiger partial charge in [0.25, 0.3) is 0 Å². The average Bonchev–Trinajstić information content (AvgIpc) is 3.25. The minimum Gasteiger partial charge on any atom is -0.169 e. The Hall–Kier alpha value is -2.49. The maximum absolute atomic E-state index is 8.48. The fourth-order valence-electron chi connectivity index (χ4n) is 6.91. The summed E-state index contributed by atoms with van der Waals surface area (Å²) in [7, 11) is 21.3. The second-order valence-corrected chi connectivity index (χ2v) is 16.0. The molecular formula is C42H36B6P6. The summed E-state index contributed by atoms with van der Waals surface area (Å²) in [5, 5.41) is 2.21. The van der Waals surface area contributed by atoms with E-state index >= 15 is 0 Å². The first-order chi connectivity index (χ1) is 28.7. The summed E-state index contributed by atoms with van der Waals surface area (Å²) in [5.74, 6) is 0. The monoisotopic (exact) mass is 798 g/mol. The van der Waals surface area contributed by atoms with Gasteiger partial charge in [0.15, 0.2) is 20.9 Å². The van der Waals surface area contributed by atoms with E-state index in [1.165, 1.54) is 0 Å². The fraction of sp³-hybridized carbons (Fsp3) is 0. The van der Waals surface area contributed by atoms with Crippen LogP contribution in [0.2, 0.25) is 0 Å². The lowest BCUT2D eigenvalue weighted by molar-refractivity contribution is 1.53. The van der Waals surface area contributed by atoms with Gasteiger partial charge in [0.2, 0.25) is 0 Å². The zero-order valence-electron chi connectivity index (χ0n) is 35.4. The molecule has 6 radical (unpaired) electrons.